The lowest BCUT2D eigenvalue weighted by molar-refractivity contribution is 0.407. The molecule has 4 nitrogen and oxygen atoms in total. The average Bonchev–Trinajstić information content (AvgIpc) is 2.24. The van der Waals surface area contributed by atoms with Gasteiger partial charge in [0.1, 0.15) is 5.75 Å². The third-order valence-corrected chi connectivity index (χ3v) is 5.59. The highest BCUT2D eigenvalue weighted by atomic mass is 32.2. The smallest absolute Gasteiger partial charge is 0.181 e. The molecule has 5 heteroatoms. The lowest BCUT2D eigenvalue weighted by Crippen LogP contribution is -2.44. The molecule has 94 valence electrons. The van der Waals surface area contributed by atoms with Crippen LogP contribution in [0.15, 0.2) is 23.1 Å². The van der Waals surface area contributed by atoms with Crippen LogP contribution in [0.5, 0.6) is 5.75 Å². The number of methoxy groups -OCH3 is 1. The van der Waals surface area contributed by atoms with Gasteiger partial charge in [-0.05, 0) is 43.5 Å². The molecule has 0 unspecified atom stereocenters. The van der Waals surface area contributed by atoms with Crippen molar-refractivity contribution in [3.05, 3.63) is 23.8 Å². The first kappa shape index (κ1) is 12.4. The molecule has 0 aromatic heterocycles. The molecule has 0 saturated heterocycles. The first-order valence-electron chi connectivity index (χ1n) is 5.59. The van der Waals surface area contributed by atoms with Gasteiger partial charge < -0.3 is 10.5 Å². The van der Waals surface area contributed by atoms with Gasteiger partial charge in [0.2, 0.25) is 0 Å². The van der Waals surface area contributed by atoms with Crippen LogP contribution in [0.3, 0.4) is 0 Å². The number of nitrogens with two attached hydrogens (primary N) is 1. The first-order chi connectivity index (χ1) is 7.95. The number of benzene rings is 1. The summed E-state index contributed by atoms with van der Waals surface area (Å²) in [6, 6.07) is 5.07. The van der Waals surface area contributed by atoms with Crippen molar-refractivity contribution in [2.45, 2.75) is 36.0 Å². The third-order valence-electron chi connectivity index (χ3n) is 3.26. The molecule has 1 aromatic rings. The topological polar surface area (TPSA) is 69.4 Å². The zero-order valence-corrected chi connectivity index (χ0v) is 10.8. The Labute approximate surface area is 102 Å². The summed E-state index contributed by atoms with van der Waals surface area (Å²) in [6.07, 6.45) is 1.13. The van der Waals surface area contributed by atoms with Crippen LogP contribution in [0.1, 0.15) is 18.4 Å². The Morgan fingerprint density at radius 1 is 1.35 bits per heavy atom. The van der Waals surface area contributed by atoms with E-state index in [-0.39, 0.29) is 11.3 Å². The van der Waals surface area contributed by atoms with Crippen molar-refractivity contribution in [3.8, 4) is 5.75 Å². The maximum absolute atomic E-state index is 12.3. The largest absolute Gasteiger partial charge is 0.497 e. The van der Waals surface area contributed by atoms with E-state index in [1.54, 1.807) is 32.2 Å². The van der Waals surface area contributed by atoms with E-state index in [9.17, 15) is 8.42 Å². The van der Waals surface area contributed by atoms with Crippen LogP contribution < -0.4 is 10.5 Å². The Kier molecular flexibility index (Phi) is 3.14. The van der Waals surface area contributed by atoms with Crippen molar-refractivity contribution in [1.82, 2.24) is 0 Å². The molecule has 2 N–H and O–H groups in total. The van der Waals surface area contributed by atoms with Gasteiger partial charge in [0.15, 0.2) is 9.84 Å². The molecular formula is C12H17NO3S. The van der Waals surface area contributed by atoms with E-state index >= 15 is 0 Å². The van der Waals surface area contributed by atoms with E-state index in [1.807, 2.05) is 0 Å². The molecule has 0 atom stereocenters. The molecule has 0 spiro atoms. The Bertz CT molecular complexity index is 519. The van der Waals surface area contributed by atoms with Gasteiger partial charge in [0.25, 0.3) is 0 Å². The molecular weight excluding hydrogens is 238 g/mol. The molecule has 1 aromatic carbocycles. The summed E-state index contributed by atoms with van der Waals surface area (Å²) in [4.78, 5) is 0.398. The van der Waals surface area contributed by atoms with Crippen LogP contribution in [0.4, 0.5) is 0 Å². The first-order valence-corrected chi connectivity index (χ1v) is 7.14. The minimum atomic E-state index is -3.23. The van der Waals surface area contributed by atoms with Gasteiger partial charge in [0, 0.05) is 6.04 Å². The summed E-state index contributed by atoms with van der Waals surface area (Å²) in [7, 11) is -1.66. The highest BCUT2D eigenvalue weighted by Crippen LogP contribution is 2.32. The number of hydrogen-bond donors (Lipinski definition) is 1. The SMILES string of the molecule is COc1ccc(S(=O)(=O)C2CC(N)C2)c(C)c1. The Morgan fingerprint density at radius 2 is 2.00 bits per heavy atom. The lowest BCUT2D eigenvalue weighted by atomic mass is 9.93. The van der Waals surface area contributed by atoms with Crippen LogP contribution in [-0.4, -0.2) is 26.8 Å². The van der Waals surface area contributed by atoms with Crippen LogP contribution >= 0.6 is 0 Å². The fourth-order valence-electron chi connectivity index (χ4n) is 2.11. The predicted molar refractivity (Wildman–Crippen MR) is 65.9 cm³/mol. The minimum absolute atomic E-state index is 0.0355. The summed E-state index contributed by atoms with van der Waals surface area (Å²) in [5.41, 5.74) is 6.37. The van der Waals surface area contributed by atoms with Crippen molar-refractivity contribution in [3.63, 3.8) is 0 Å². The Morgan fingerprint density at radius 3 is 2.47 bits per heavy atom. The van der Waals surface area contributed by atoms with Crippen LogP contribution in [0, 0.1) is 6.92 Å². The van der Waals surface area contributed by atoms with Gasteiger partial charge in [0.05, 0.1) is 17.3 Å². The zero-order chi connectivity index (χ0) is 12.6. The van der Waals surface area contributed by atoms with Gasteiger partial charge in [-0.25, -0.2) is 8.42 Å². The molecule has 0 aliphatic heterocycles. The molecule has 0 heterocycles. The van der Waals surface area contributed by atoms with E-state index in [0.717, 1.165) is 5.56 Å². The van der Waals surface area contributed by atoms with Gasteiger partial charge in [-0.15, -0.1) is 0 Å². The van der Waals surface area contributed by atoms with Crippen molar-refractivity contribution >= 4 is 9.84 Å². The summed E-state index contributed by atoms with van der Waals surface area (Å²) in [5.74, 6) is 0.673. The zero-order valence-electron chi connectivity index (χ0n) is 10.0. The van der Waals surface area contributed by atoms with E-state index in [1.165, 1.54) is 0 Å². The van der Waals surface area contributed by atoms with E-state index in [2.05, 4.69) is 0 Å². The van der Waals surface area contributed by atoms with E-state index in [0.29, 0.717) is 23.5 Å². The van der Waals surface area contributed by atoms with E-state index < -0.39 is 9.84 Å². The van der Waals surface area contributed by atoms with Crippen LogP contribution in [-0.2, 0) is 9.84 Å². The monoisotopic (exact) mass is 255 g/mol. The number of aryl methyl sites for hydroxylation is 1. The van der Waals surface area contributed by atoms with E-state index in [4.69, 9.17) is 10.5 Å². The molecule has 1 aliphatic rings. The molecule has 0 amide bonds. The lowest BCUT2D eigenvalue weighted by Gasteiger charge is -2.32. The summed E-state index contributed by atoms with van der Waals surface area (Å²) in [6.45, 7) is 1.79. The van der Waals surface area contributed by atoms with Gasteiger partial charge in [-0.3, -0.25) is 0 Å². The predicted octanol–water partition coefficient (Wildman–Crippen LogP) is 1.27. The Balaban J connectivity index is 2.34. The number of sulfone groups is 1. The maximum atomic E-state index is 12.3. The highest BCUT2D eigenvalue weighted by Gasteiger charge is 2.38. The standard InChI is InChI=1S/C12H17NO3S/c1-8-5-10(16-2)3-4-12(8)17(14,15)11-6-9(13)7-11/h3-5,9,11H,6-7,13H2,1-2H3. The number of ether oxygens (including phenoxy) is 1. The summed E-state index contributed by atoms with van der Waals surface area (Å²) in [5, 5.41) is -0.315. The van der Waals surface area contributed by atoms with Gasteiger partial charge in [-0.2, -0.15) is 0 Å². The molecule has 0 bridgehead atoms. The second-order valence-electron chi connectivity index (χ2n) is 4.53. The molecule has 1 fully saturated rings. The average molecular weight is 255 g/mol. The molecule has 1 saturated carbocycles. The second-order valence-corrected chi connectivity index (χ2v) is 6.73. The fraction of sp³-hybridized carbons (Fsp3) is 0.500. The highest BCUT2D eigenvalue weighted by molar-refractivity contribution is 7.92. The van der Waals surface area contributed by atoms with Gasteiger partial charge in [-0.1, -0.05) is 0 Å². The second kappa shape index (κ2) is 4.31. The fourth-order valence-corrected chi connectivity index (χ4v) is 4.23. The minimum Gasteiger partial charge on any atom is -0.497 e. The van der Waals surface area contributed by atoms with Gasteiger partial charge >= 0.3 is 0 Å². The van der Waals surface area contributed by atoms with Crippen molar-refractivity contribution in [2.75, 3.05) is 7.11 Å². The quantitative estimate of drug-likeness (QED) is 0.883. The summed E-state index contributed by atoms with van der Waals surface area (Å²) >= 11 is 0. The van der Waals surface area contributed by atoms with Crippen LogP contribution in [0.2, 0.25) is 0 Å². The number of rotatable bonds is 3. The molecule has 2 rings (SSSR count). The molecule has 0 radical (unpaired) electrons. The molecule has 1 aliphatic carbocycles. The number of hydrogen-bond acceptors (Lipinski definition) is 4. The summed E-state index contributed by atoms with van der Waals surface area (Å²) < 4.78 is 29.6. The van der Waals surface area contributed by atoms with Crippen LogP contribution in [0.25, 0.3) is 0 Å². The Hall–Kier alpha value is -1.07. The molecule has 17 heavy (non-hydrogen) atoms. The maximum Gasteiger partial charge on any atom is 0.181 e. The van der Waals surface area contributed by atoms with Crippen molar-refractivity contribution < 1.29 is 13.2 Å². The van der Waals surface area contributed by atoms with Crippen molar-refractivity contribution in [1.29, 1.82) is 0 Å². The van der Waals surface area contributed by atoms with Crippen molar-refractivity contribution in [2.24, 2.45) is 5.73 Å². The normalized spacial score (nSPS) is 24.2. The third kappa shape index (κ3) is 2.17.